The van der Waals surface area contributed by atoms with Gasteiger partial charge in [-0.3, -0.25) is 0 Å². The molecule has 5 rings (SSSR count). The van der Waals surface area contributed by atoms with Crippen molar-refractivity contribution >= 4 is 5.95 Å². The van der Waals surface area contributed by atoms with E-state index < -0.39 is 0 Å². The summed E-state index contributed by atoms with van der Waals surface area (Å²) in [6, 6.07) is 0.559. The Morgan fingerprint density at radius 1 is 1.25 bits per heavy atom. The fraction of sp³-hybridized carbons (Fsp3) is 0.824. The van der Waals surface area contributed by atoms with Gasteiger partial charge in [0.05, 0.1) is 0 Å². The summed E-state index contributed by atoms with van der Waals surface area (Å²) in [7, 11) is 0. The van der Waals surface area contributed by atoms with Crippen molar-refractivity contribution in [2.24, 2.45) is 23.2 Å². The summed E-state index contributed by atoms with van der Waals surface area (Å²) in [5.41, 5.74) is 0.555. The SMILES string of the molecule is CCn1ccnc1NC(C)C12CC3CC(CC(C3)C1)C2. The number of imidazole rings is 1. The zero-order chi connectivity index (χ0) is 13.7. The molecule has 1 heterocycles. The maximum atomic E-state index is 4.51. The lowest BCUT2D eigenvalue weighted by atomic mass is 9.48. The first-order valence-corrected chi connectivity index (χ1v) is 8.46. The van der Waals surface area contributed by atoms with Crippen LogP contribution in [0, 0.1) is 23.2 Å². The maximum Gasteiger partial charge on any atom is 0.202 e. The number of nitrogens with one attached hydrogen (secondary N) is 1. The molecule has 110 valence electrons. The van der Waals surface area contributed by atoms with Crippen LogP contribution in [0.15, 0.2) is 12.4 Å². The first-order chi connectivity index (χ1) is 9.68. The van der Waals surface area contributed by atoms with Gasteiger partial charge >= 0.3 is 0 Å². The zero-order valence-electron chi connectivity index (χ0n) is 12.8. The minimum Gasteiger partial charge on any atom is -0.353 e. The number of aromatic nitrogens is 2. The summed E-state index contributed by atoms with van der Waals surface area (Å²) in [5.74, 6) is 4.14. The normalized spacial score (nSPS) is 40.0. The summed E-state index contributed by atoms with van der Waals surface area (Å²) < 4.78 is 2.22. The minimum atomic E-state index is 0.555. The number of rotatable bonds is 4. The number of nitrogens with zero attached hydrogens (tertiary/aromatic N) is 2. The average Bonchev–Trinajstić information content (AvgIpc) is 2.84. The largest absolute Gasteiger partial charge is 0.353 e. The molecule has 1 unspecified atom stereocenters. The fourth-order valence-corrected chi connectivity index (χ4v) is 5.76. The van der Waals surface area contributed by atoms with Gasteiger partial charge in [0.1, 0.15) is 0 Å². The number of hydrogen-bond acceptors (Lipinski definition) is 2. The van der Waals surface area contributed by atoms with Crippen LogP contribution in [0.2, 0.25) is 0 Å². The van der Waals surface area contributed by atoms with Crippen LogP contribution >= 0.6 is 0 Å². The Morgan fingerprint density at radius 3 is 2.40 bits per heavy atom. The van der Waals surface area contributed by atoms with Gasteiger partial charge in [0.15, 0.2) is 0 Å². The van der Waals surface area contributed by atoms with Gasteiger partial charge in [-0.15, -0.1) is 0 Å². The van der Waals surface area contributed by atoms with Crippen LogP contribution in [-0.2, 0) is 6.54 Å². The average molecular weight is 273 g/mol. The lowest BCUT2D eigenvalue weighted by Crippen LogP contribution is -2.53. The molecule has 0 radical (unpaired) electrons. The van der Waals surface area contributed by atoms with Gasteiger partial charge in [0, 0.05) is 25.0 Å². The molecule has 0 aromatic carbocycles. The highest BCUT2D eigenvalue weighted by molar-refractivity contribution is 5.29. The highest BCUT2D eigenvalue weighted by Gasteiger charge is 2.53. The van der Waals surface area contributed by atoms with Gasteiger partial charge < -0.3 is 9.88 Å². The van der Waals surface area contributed by atoms with Gasteiger partial charge in [-0.2, -0.15) is 0 Å². The summed E-state index contributed by atoms with van der Waals surface area (Å²) in [4.78, 5) is 4.51. The highest BCUT2D eigenvalue weighted by atomic mass is 15.2. The van der Waals surface area contributed by atoms with E-state index in [4.69, 9.17) is 0 Å². The molecule has 3 nitrogen and oxygen atoms in total. The van der Waals surface area contributed by atoms with Gasteiger partial charge in [0.2, 0.25) is 5.95 Å². The van der Waals surface area contributed by atoms with Gasteiger partial charge in [-0.25, -0.2) is 4.98 Å². The molecule has 4 aliphatic rings. The number of hydrogen-bond donors (Lipinski definition) is 1. The Bertz CT molecular complexity index is 455. The van der Waals surface area contributed by atoms with Gasteiger partial charge in [-0.05, 0) is 75.5 Å². The second-order valence-corrected chi connectivity index (χ2v) is 7.68. The molecule has 4 saturated carbocycles. The smallest absolute Gasteiger partial charge is 0.202 e. The standard InChI is InChI=1S/C17H27N3/c1-3-20-5-4-18-16(20)19-12(2)17-9-13-6-14(10-17)8-15(7-13)11-17/h4-5,12-15H,3,6-11H2,1-2H3,(H,18,19). The predicted molar refractivity (Wildman–Crippen MR) is 81.6 cm³/mol. The second-order valence-electron chi connectivity index (χ2n) is 7.68. The topological polar surface area (TPSA) is 29.9 Å². The summed E-state index contributed by atoms with van der Waals surface area (Å²) >= 11 is 0. The molecule has 0 aliphatic heterocycles. The van der Waals surface area contributed by atoms with E-state index in [9.17, 15) is 0 Å². The monoisotopic (exact) mass is 273 g/mol. The van der Waals surface area contributed by atoms with Crippen LogP contribution in [0.25, 0.3) is 0 Å². The third kappa shape index (κ3) is 1.89. The summed E-state index contributed by atoms with van der Waals surface area (Å²) in [5, 5.41) is 3.75. The Kier molecular flexibility index (Phi) is 2.87. The van der Waals surface area contributed by atoms with Crippen molar-refractivity contribution < 1.29 is 0 Å². The Hall–Kier alpha value is -0.990. The molecule has 3 heteroatoms. The van der Waals surface area contributed by atoms with Crippen molar-refractivity contribution in [1.82, 2.24) is 9.55 Å². The molecule has 1 aromatic heterocycles. The Labute approximate surface area is 122 Å². The lowest BCUT2D eigenvalue weighted by Gasteiger charge is -2.59. The third-order valence-electron chi connectivity index (χ3n) is 6.41. The van der Waals surface area contributed by atoms with Crippen LogP contribution in [-0.4, -0.2) is 15.6 Å². The predicted octanol–water partition coefficient (Wildman–Crippen LogP) is 3.92. The van der Waals surface area contributed by atoms with Crippen molar-refractivity contribution in [3.8, 4) is 0 Å². The van der Waals surface area contributed by atoms with E-state index >= 15 is 0 Å². The lowest BCUT2D eigenvalue weighted by molar-refractivity contribution is -0.0604. The summed E-state index contributed by atoms with van der Waals surface area (Å²) in [6.45, 7) is 5.58. The van der Waals surface area contributed by atoms with E-state index in [1.165, 1.54) is 38.5 Å². The molecule has 1 N–H and O–H groups in total. The van der Waals surface area contributed by atoms with Crippen LogP contribution in [0.4, 0.5) is 5.95 Å². The van der Waals surface area contributed by atoms with E-state index in [-0.39, 0.29) is 0 Å². The molecule has 4 bridgehead atoms. The second kappa shape index (κ2) is 4.51. The molecule has 20 heavy (non-hydrogen) atoms. The van der Waals surface area contributed by atoms with Crippen molar-refractivity contribution in [1.29, 1.82) is 0 Å². The Balaban J connectivity index is 1.55. The van der Waals surface area contributed by atoms with E-state index in [0.717, 1.165) is 30.2 Å². The van der Waals surface area contributed by atoms with E-state index in [0.29, 0.717) is 11.5 Å². The molecule has 4 fully saturated rings. The Morgan fingerprint density at radius 2 is 1.85 bits per heavy atom. The first-order valence-electron chi connectivity index (χ1n) is 8.46. The third-order valence-corrected chi connectivity index (χ3v) is 6.41. The summed E-state index contributed by atoms with van der Waals surface area (Å²) in [6.07, 6.45) is 12.9. The quantitative estimate of drug-likeness (QED) is 0.901. The number of anilines is 1. The van der Waals surface area contributed by atoms with Crippen molar-refractivity contribution in [2.45, 2.75) is 65.0 Å². The van der Waals surface area contributed by atoms with Crippen LogP contribution < -0.4 is 5.32 Å². The van der Waals surface area contributed by atoms with Crippen LogP contribution in [0.1, 0.15) is 52.4 Å². The molecular weight excluding hydrogens is 246 g/mol. The van der Waals surface area contributed by atoms with Crippen LogP contribution in [0.3, 0.4) is 0 Å². The van der Waals surface area contributed by atoms with Gasteiger partial charge in [-0.1, -0.05) is 0 Å². The maximum absolute atomic E-state index is 4.51. The molecule has 1 atom stereocenters. The highest BCUT2D eigenvalue weighted by Crippen LogP contribution is 2.61. The van der Waals surface area contributed by atoms with Crippen molar-refractivity contribution in [3.63, 3.8) is 0 Å². The zero-order valence-corrected chi connectivity index (χ0v) is 12.8. The van der Waals surface area contributed by atoms with E-state index in [1.54, 1.807) is 0 Å². The van der Waals surface area contributed by atoms with Crippen LogP contribution in [0.5, 0.6) is 0 Å². The first kappa shape index (κ1) is 12.7. The molecule has 0 spiro atoms. The molecule has 4 aliphatic carbocycles. The molecule has 1 aromatic rings. The molecule has 0 amide bonds. The van der Waals surface area contributed by atoms with Gasteiger partial charge in [0.25, 0.3) is 0 Å². The van der Waals surface area contributed by atoms with E-state index in [2.05, 4.69) is 34.9 Å². The molecular formula is C17H27N3. The van der Waals surface area contributed by atoms with E-state index in [1.807, 2.05) is 6.20 Å². The fourth-order valence-electron chi connectivity index (χ4n) is 5.76. The number of aryl methyl sites for hydroxylation is 1. The minimum absolute atomic E-state index is 0.555. The van der Waals surface area contributed by atoms with Crippen molar-refractivity contribution in [2.75, 3.05) is 5.32 Å². The molecule has 0 saturated heterocycles. The van der Waals surface area contributed by atoms with Crippen molar-refractivity contribution in [3.05, 3.63) is 12.4 Å².